The van der Waals surface area contributed by atoms with Gasteiger partial charge in [0, 0.05) is 18.1 Å². The van der Waals surface area contributed by atoms with E-state index in [4.69, 9.17) is 39.4 Å². The maximum atomic E-state index is 12.9. The van der Waals surface area contributed by atoms with Gasteiger partial charge in [0.2, 0.25) is 16.0 Å². The molecule has 0 aliphatic carbocycles. The topological polar surface area (TPSA) is 124 Å². The predicted molar refractivity (Wildman–Crippen MR) is 122 cm³/mol. The van der Waals surface area contributed by atoms with Crippen molar-refractivity contribution in [2.24, 2.45) is 5.92 Å². The molecule has 1 aromatic heterocycles. The summed E-state index contributed by atoms with van der Waals surface area (Å²) in [5, 5.41) is 1.13. The highest BCUT2D eigenvalue weighted by Crippen LogP contribution is 2.32. The summed E-state index contributed by atoms with van der Waals surface area (Å²) in [5.74, 6) is 1.15. The molecule has 31 heavy (non-hydrogen) atoms. The van der Waals surface area contributed by atoms with Crippen LogP contribution in [0, 0.1) is 5.92 Å². The van der Waals surface area contributed by atoms with E-state index >= 15 is 0 Å². The normalized spacial score (nSPS) is 15.9. The number of piperidine rings is 1. The van der Waals surface area contributed by atoms with Crippen LogP contribution in [0.4, 0.5) is 11.8 Å². The lowest BCUT2D eigenvalue weighted by Gasteiger charge is -2.31. The Balaban J connectivity index is 1.42. The Bertz CT molecular complexity index is 1230. The smallest absolute Gasteiger partial charge is 0.244 e. The molecule has 0 unspecified atom stereocenters. The molecule has 0 amide bonds. The number of fused-ring (bicyclic) bond motifs is 1. The van der Waals surface area contributed by atoms with Crippen LogP contribution in [-0.4, -0.2) is 42.4 Å². The fourth-order valence-corrected chi connectivity index (χ4v) is 5.88. The number of ether oxygens (including phenoxy) is 1. The van der Waals surface area contributed by atoms with E-state index in [1.54, 1.807) is 12.1 Å². The van der Waals surface area contributed by atoms with Gasteiger partial charge in [0.05, 0.1) is 22.5 Å². The molecule has 0 radical (unpaired) electrons. The minimum absolute atomic E-state index is 0.0683. The zero-order valence-corrected chi connectivity index (χ0v) is 18.8. The van der Waals surface area contributed by atoms with Gasteiger partial charge in [-0.25, -0.2) is 13.4 Å². The average Bonchev–Trinajstić information content (AvgIpc) is 2.71. The fourth-order valence-electron chi connectivity index (χ4n) is 3.67. The monoisotopic (exact) mass is 481 g/mol. The number of nitrogens with zero attached hydrogens (tertiary/aromatic N) is 3. The second-order valence-electron chi connectivity index (χ2n) is 7.35. The number of nitrogens with two attached hydrogens (primary N) is 2. The molecule has 11 heteroatoms. The largest absolute Gasteiger partial charge is 0.492 e. The van der Waals surface area contributed by atoms with Gasteiger partial charge in [-0.15, -0.1) is 0 Å². The summed E-state index contributed by atoms with van der Waals surface area (Å²) < 4.78 is 33.4. The lowest BCUT2D eigenvalue weighted by Crippen LogP contribution is -2.39. The molecule has 0 atom stereocenters. The Hall–Kier alpha value is -2.33. The number of nitrogen functional groups attached to an aromatic ring is 2. The van der Waals surface area contributed by atoms with Crippen molar-refractivity contribution >= 4 is 55.9 Å². The third-order valence-electron chi connectivity index (χ3n) is 5.29. The molecule has 2 aromatic carbocycles. The first-order valence-electron chi connectivity index (χ1n) is 9.65. The van der Waals surface area contributed by atoms with Crippen LogP contribution < -0.4 is 16.2 Å². The molecule has 0 bridgehead atoms. The number of halogens is 2. The fraction of sp³-hybridized carbons (Fsp3) is 0.300. The Morgan fingerprint density at radius 1 is 1.10 bits per heavy atom. The minimum atomic E-state index is -3.68. The third kappa shape index (κ3) is 4.50. The summed E-state index contributed by atoms with van der Waals surface area (Å²) in [6, 6.07) is 9.81. The molecule has 164 valence electrons. The molecule has 1 saturated heterocycles. The van der Waals surface area contributed by atoms with Crippen molar-refractivity contribution < 1.29 is 13.2 Å². The van der Waals surface area contributed by atoms with Crippen LogP contribution in [0.2, 0.25) is 10.0 Å². The maximum Gasteiger partial charge on any atom is 0.244 e. The second-order valence-corrected chi connectivity index (χ2v) is 10.1. The molecule has 1 fully saturated rings. The third-order valence-corrected chi connectivity index (χ3v) is 7.91. The van der Waals surface area contributed by atoms with Crippen molar-refractivity contribution in [2.45, 2.75) is 17.7 Å². The van der Waals surface area contributed by atoms with E-state index in [1.807, 2.05) is 6.07 Å². The van der Waals surface area contributed by atoms with Gasteiger partial charge in [0.15, 0.2) is 0 Å². The summed E-state index contributed by atoms with van der Waals surface area (Å²) in [6.07, 6.45) is 1.32. The summed E-state index contributed by atoms with van der Waals surface area (Å²) in [5.41, 5.74) is 12.3. The zero-order valence-electron chi connectivity index (χ0n) is 16.5. The van der Waals surface area contributed by atoms with Crippen molar-refractivity contribution in [2.75, 3.05) is 31.2 Å². The zero-order chi connectivity index (χ0) is 22.2. The minimum Gasteiger partial charge on any atom is -0.492 e. The quantitative estimate of drug-likeness (QED) is 0.570. The molecule has 3 aromatic rings. The number of rotatable bonds is 5. The highest BCUT2D eigenvalue weighted by molar-refractivity contribution is 7.89. The van der Waals surface area contributed by atoms with Crippen molar-refractivity contribution in [1.29, 1.82) is 0 Å². The van der Waals surface area contributed by atoms with Gasteiger partial charge >= 0.3 is 0 Å². The van der Waals surface area contributed by atoms with Crippen LogP contribution in [0.15, 0.2) is 41.3 Å². The Morgan fingerprint density at radius 2 is 1.84 bits per heavy atom. The highest BCUT2D eigenvalue weighted by atomic mass is 35.5. The summed E-state index contributed by atoms with van der Waals surface area (Å²) in [7, 11) is -3.68. The Labute approximate surface area is 190 Å². The summed E-state index contributed by atoms with van der Waals surface area (Å²) >= 11 is 12.0. The van der Waals surface area contributed by atoms with E-state index < -0.39 is 10.0 Å². The first-order chi connectivity index (χ1) is 14.8. The van der Waals surface area contributed by atoms with Crippen LogP contribution in [0.5, 0.6) is 5.75 Å². The van der Waals surface area contributed by atoms with Gasteiger partial charge in [-0.2, -0.15) is 9.29 Å². The van der Waals surface area contributed by atoms with Gasteiger partial charge in [0.1, 0.15) is 16.5 Å². The number of sulfonamides is 1. The summed E-state index contributed by atoms with van der Waals surface area (Å²) in [6.45, 7) is 1.19. The van der Waals surface area contributed by atoms with Gasteiger partial charge in [0.25, 0.3) is 0 Å². The van der Waals surface area contributed by atoms with Gasteiger partial charge < -0.3 is 16.2 Å². The van der Waals surface area contributed by atoms with Crippen LogP contribution in [0.25, 0.3) is 10.9 Å². The SMILES string of the molecule is Nc1nc(N)c2c(OCC3CCN(S(=O)(=O)c4ccc(Cl)cc4Cl)CC3)cccc2n1. The van der Waals surface area contributed by atoms with E-state index in [1.165, 1.54) is 22.5 Å². The molecular weight excluding hydrogens is 461 g/mol. The van der Waals surface area contributed by atoms with E-state index in [2.05, 4.69) is 9.97 Å². The van der Waals surface area contributed by atoms with Crippen molar-refractivity contribution in [3.05, 3.63) is 46.4 Å². The van der Waals surface area contributed by atoms with Crippen molar-refractivity contribution in [3.63, 3.8) is 0 Å². The van der Waals surface area contributed by atoms with Crippen molar-refractivity contribution in [1.82, 2.24) is 14.3 Å². The van der Waals surface area contributed by atoms with E-state index in [-0.39, 0.29) is 27.6 Å². The molecular formula is C20H21Cl2N5O3S. The molecule has 0 saturated carbocycles. The molecule has 4 rings (SSSR count). The number of benzene rings is 2. The van der Waals surface area contributed by atoms with Crippen LogP contribution >= 0.6 is 23.2 Å². The predicted octanol–water partition coefficient (Wildman–Crippen LogP) is 3.58. The first-order valence-corrected chi connectivity index (χ1v) is 11.8. The number of aromatic nitrogens is 2. The van der Waals surface area contributed by atoms with Crippen LogP contribution in [0.3, 0.4) is 0 Å². The van der Waals surface area contributed by atoms with Gasteiger partial charge in [-0.05, 0) is 49.1 Å². The van der Waals surface area contributed by atoms with E-state index in [0.717, 1.165) is 0 Å². The standard InChI is InChI=1S/C20H21Cl2N5O3S/c21-13-4-5-17(14(22)10-13)31(28,29)27-8-6-12(7-9-27)11-30-16-3-1-2-15-18(16)19(23)26-20(24)25-15/h1-5,10,12H,6-9,11H2,(H4,23,24,25,26). The number of hydrogen-bond acceptors (Lipinski definition) is 7. The highest BCUT2D eigenvalue weighted by Gasteiger charge is 2.31. The molecule has 1 aliphatic heterocycles. The van der Waals surface area contributed by atoms with Crippen LogP contribution in [0.1, 0.15) is 12.8 Å². The molecule has 1 aliphatic rings. The number of hydrogen-bond donors (Lipinski definition) is 2. The van der Waals surface area contributed by atoms with Gasteiger partial charge in [-0.3, -0.25) is 0 Å². The molecule has 2 heterocycles. The Kier molecular flexibility index (Phi) is 6.11. The lowest BCUT2D eigenvalue weighted by molar-refractivity contribution is 0.186. The number of anilines is 2. The maximum absolute atomic E-state index is 12.9. The molecule has 4 N–H and O–H groups in total. The molecule has 0 spiro atoms. The van der Waals surface area contributed by atoms with Gasteiger partial charge in [-0.1, -0.05) is 29.3 Å². The van der Waals surface area contributed by atoms with Crippen molar-refractivity contribution in [3.8, 4) is 5.75 Å². The molecule has 8 nitrogen and oxygen atoms in total. The van der Waals surface area contributed by atoms with Crippen LogP contribution in [-0.2, 0) is 10.0 Å². The first kappa shape index (κ1) is 21.9. The van der Waals surface area contributed by atoms with E-state index in [9.17, 15) is 8.42 Å². The average molecular weight is 482 g/mol. The Morgan fingerprint density at radius 3 is 2.55 bits per heavy atom. The lowest BCUT2D eigenvalue weighted by atomic mass is 9.99. The van der Waals surface area contributed by atoms with E-state index in [0.29, 0.717) is 54.2 Å². The second kappa shape index (κ2) is 8.66. The summed E-state index contributed by atoms with van der Waals surface area (Å²) in [4.78, 5) is 8.26.